The van der Waals surface area contributed by atoms with E-state index in [9.17, 15) is 9.59 Å². The minimum absolute atomic E-state index is 0.154. The van der Waals surface area contributed by atoms with E-state index in [-0.39, 0.29) is 12.2 Å². The number of benzene rings is 2. The Balaban J connectivity index is 2.38. The molecule has 2 aromatic rings. The number of carbonyl (C=O) groups is 2. The number of aliphatic carboxylic acids is 1. The minimum atomic E-state index is -0.971. The van der Waals surface area contributed by atoms with Gasteiger partial charge in [-0.15, -0.1) is 0 Å². The second-order valence-electron chi connectivity index (χ2n) is 4.79. The van der Waals surface area contributed by atoms with Crippen molar-refractivity contribution < 1.29 is 14.7 Å². The van der Waals surface area contributed by atoms with Crippen molar-refractivity contribution in [1.29, 1.82) is 0 Å². The third-order valence-electron chi connectivity index (χ3n) is 3.20. The predicted molar refractivity (Wildman–Crippen MR) is 76.9 cm³/mol. The van der Waals surface area contributed by atoms with Crippen LogP contribution in [-0.4, -0.2) is 16.9 Å². The molecule has 20 heavy (non-hydrogen) atoms. The maximum Gasteiger partial charge on any atom is 0.304 e. The van der Waals surface area contributed by atoms with E-state index < -0.39 is 11.9 Å². The Morgan fingerprint density at radius 1 is 1.05 bits per heavy atom. The van der Waals surface area contributed by atoms with Crippen molar-refractivity contribution >= 4 is 11.8 Å². The van der Waals surface area contributed by atoms with Crippen LogP contribution < -0.4 is 0 Å². The molecule has 0 aliphatic carbocycles. The Hall–Kier alpha value is -2.42. The highest BCUT2D eigenvalue weighted by Gasteiger charge is 2.24. The summed E-state index contributed by atoms with van der Waals surface area (Å²) in [5.41, 5.74) is 2.31. The molecule has 0 saturated carbocycles. The molecule has 0 fully saturated rings. The summed E-state index contributed by atoms with van der Waals surface area (Å²) in [6.07, 6.45) is -0.197. The summed E-state index contributed by atoms with van der Waals surface area (Å²) >= 11 is 0. The molecule has 1 N–H and O–H groups in total. The van der Waals surface area contributed by atoms with Gasteiger partial charge in [-0.3, -0.25) is 9.59 Å². The first kappa shape index (κ1) is 14.0. The number of carbonyl (C=O) groups excluding carboxylic acids is 1. The molecule has 1 unspecified atom stereocenters. The first-order valence-electron chi connectivity index (χ1n) is 6.45. The van der Waals surface area contributed by atoms with Gasteiger partial charge < -0.3 is 5.11 Å². The van der Waals surface area contributed by atoms with E-state index in [1.54, 1.807) is 30.3 Å². The third kappa shape index (κ3) is 3.32. The van der Waals surface area contributed by atoms with Crippen LogP contribution in [0.25, 0.3) is 0 Å². The molecule has 2 aromatic carbocycles. The number of aryl methyl sites for hydroxylation is 1. The molecule has 0 radical (unpaired) electrons. The van der Waals surface area contributed by atoms with E-state index >= 15 is 0 Å². The van der Waals surface area contributed by atoms with Gasteiger partial charge >= 0.3 is 5.97 Å². The average Bonchev–Trinajstić information content (AvgIpc) is 2.45. The summed E-state index contributed by atoms with van der Waals surface area (Å²) in [7, 11) is 0. The molecule has 2 rings (SSSR count). The zero-order chi connectivity index (χ0) is 14.5. The van der Waals surface area contributed by atoms with Gasteiger partial charge in [-0.05, 0) is 12.5 Å². The van der Waals surface area contributed by atoms with E-state index in [1.807, 2.05) is 31.2 Å². The smallest absolute Gasteiger partial charge is 0.304 e. The van der Waals surface area contributed by atoms with Gasteiger partial charge in [-0.2, -0.15) is 0 Å². The van der Waals surface area contributed by atoms with E-state index in [4.69, 9.17) is 5.11 Å². The second kappa shape index (κ2) is 6.15. The van der Waals surface area contributed by atoms with Crippen LogP contribution >= 0.6 is 0 Å². The minimum Gasteiger partial charge on any atom is -0.481 e. The Kier molecular flexibility index (Phi) is 4.31. The predicted octanol–water partition coefficient (Wildman–Crippen LogP) is 3.44. The van der Waals surface area contributed by atoms with Crippen molar-refractivity contribution in [2.75, 3.05) is 0 Å². The fourth-order valence-corrected chi connectivity index (χ4v) is 2.23. The van der Waals surface area contributed by atoms with Gasteiger partial charge in [0.15, 0.2) is 5.78 Å². The van der Waals surface area contributed by atoms with Crippen molar-refractivity contribution in [1.82, 2.24) is 0 Å². The summed E-state index contributed by atoms with van der Waals surface area (Å²) in [4.78, 5) is 23.6. The van der Waals surface area contributed by atoms with Gasteiger partial charge in [0.1, 0.15) is 0 Å². The summed E-state index contributed by atoms with van der Waals surface area (Å²) in [6.45, 7) is 1.92. The van der Waals surface area contributed by atoms with Crippen LogP contribution in [0, 0.1) is 6.92 Å². The standard InChI is InChI=1S/C17H16O3/c1-12-6-5-9-14(10-12)15(11-16(18)19)17(20)13-7-3-2-4-8-13/h2-10,15H,11H2,1H3,(H,18,19). The Bertz CT molecular complexity index is 617. The lowest BCUT2D eigenvalue weighted by Gasteiger charge is -2.15. The molecule has 0 bridgehead atoms. The van der Waals surface area contributed by atoms with E-state index in [1.165, 1.54) is 0 Å². The summed E-state index contributed by atoms with van der Waals surface area (Å²) in [5, 5.41) is 9.06. The molecule has 3 nitrogen and oxygen atoms in total. The van der Waals surface area contributed by atoms with Crippen molar-refractivity contribution in [3.05, 3.63) is 71.3 Å². The molecule has 0 amide bonds. The second-order valence-corrected chi connectivity index (χ2v) is 4.79. The van der Waals surface area contributed by atoms with Crippen LogP contribution in [0.15, 0.2) is 54.6 Å². The third-order valence-corrected chi connectivity index (χ3v) is 3.20. The highest BCUT2D eigenvalue weighted by atomic mass is 16.4. The summed E-state index contributed by atoms with van der Waals surface area (Å²) < 4.78 is 0. The topological polar surface area (TPSA) is 54.4 Å². The summed E-state index contributed by atoms with van der Waals surface area (Å²) in [6, 6.07) is 16.3. The Morgan fingerprint density at radius 3 is 2.35 bits per heavy atom. The zero-order valence-electron chi connectivity index (χ0n) is 11.2. The molecule has 0 aromatic heterocycles. The quantitative estimate of drug-likeness (QED) is 0.845. The van der Waals surface area contributed by atoms with Gasteiger partial charge in [0.2, 0.25) is 0 Å². The molecular formula is C17H16O3. The lowest BCUT2D eigenvalue weighted by molar-refractivity contribution is -0.137. The van der Waals surface area contributed by atoms with Gasteiger partial charge in [0.25, 0.3) is 0 Å². The molecule has 3 heteroatoms. The highest BCUT2D eigenvalue weighted by Crippen LogP contribution is 2.25. The first-order valence-corrected chi connectivity index (χ1v) is 6.45. The first-order chi connectivity index (χ1) is 9.58. The van der Waals surface area contributed by atoms with E-state index in [0.29, 0.717) is 5.56 Å². The average molecular weight is 268 g/mol. The number of carboxylic acid groups (broad SMARTS) is 1. The van der Waals surface area contributed by atoms with Crippen LogP contribution in [0.2, 0.25) is 0 Å². The van der Waals surface area contributed by atoms with Gasteiger partial charge in [-0.1, -0.05) is 60.2 Å². The van der Waals surface area contributed by atoms with Crippen molar-refractivity contribution in [2.45, 2.75) is 19.3 Å². The molecule has 0 saturated heterocycles. The Morgan fingerprint density at radius 2 is 1.75 bits per heavy atom. The van der Waals surface area contributed by atoms with Crippen molar-refractivity contribution in [3.63, 3.8) is 0 Å². The largest absolute Gasteiger partial charge is 0.481 e. The van der Waals surface area contributed by atoms with E-state index in [2.05, 4.69) is 0 Å². The maximum atomic E-state index is 12.5. The fraction of sp³-hybridized carbons (Fsp3) is 0.176. The molecular weight excluding hydrogens is 252 g/mol. The van der Waals surface area contributed by atoms with Crippen LogP contribution in [-0.2, 0) is 4.79 Å². The molecule has 0 aliphatic heterocycles. The van der Waals surface area contributed by atoms with Crippen LogP contribution in [0.1, 0.15) is 33.8 Å². The number of ketones is 1. The number of rotatable bonds is 5. The van der Waals surface area contributed by atoms with Gasteiger partial charge in [-0.25, -0.2) is 0 Å². The molecule has 0 heterocycles. The summed E-state index contributed by atoms with van der Waals surface area (Å²) in [5.74, 6) is -1.77. The van der Waals surface area contributed by atoms with Gasteiger partial charge in [0, 0.05) is 5.56 Å². The molecule has 1 atom stereocenters. The highest BCUT2D eigenvalue weighted by molar-refractivity contribution is 6.02. The molecule has 0 spiro atoms. The number of hydrogen-bond donors (Lipinski definition) is 1. The molecule has 0 aliphatic rings. The van der Waals surface area contributed by atoms with E-state index in [0.717, 1.165) is 11.1 Å². The molecule has 102 valence electrons. The van der Waals surface area contributed by atoms with Crippen LogP contribution in [0.5, 0.6) is 0 Å². The van der Waals surface area contributed by atoms with Crippen LogP contribution in [0.3, 0.4) is 0 Å². The van der Waals surface area contributed by atoms with Gasteiger partial charge in [0.05, 0.1) is 12.3 Å². The Labute approximate surface area is 117 Å². The number of hydrogen-bond acceptors (Lipinski definition) is 2. The number of Topliss-reactive ketones (excluding diaryl/α,β-unsaturated/α-hetero) is 1. The number of carboxylic acids is 1. The lowest BCUT2D eigenvalue weighted by atomic mass is 9.87. The van der Waals surface area contributed by atoms with Crippen molar-refractivity contribution in [3.8, 4) is 0 Å². The maximum absolute atomic E-state index is 12.5. The SMILES string of the molecule is Cc1cccc(C(CC(=O)O)C(=O)c2ccccc2)c1. The zero-order valence-corrected chi connectivity index (χ0v) is 11.2. The lowest BCUT2D eigenvalue weighted by Crippen LogP contribution is -2.17. The van der Waals surface area contributed by atoms with Crippen molar-refractivity contribution in [2.24, 2.45) is 0 Å². The monoisotopic (exact) mass is 268 g/mol. The van der Waals surface area contributed by atoms with Crippen LogP contribution in [0.4, 0.5) is 0 Å². The fourth-order valence-electron chi connectivity index (χ4n) is 2.23. The normalized spacial score (nSPS) is 11.8.